The molecule has 436 valence electrons. The van der Waals surface area contributed by atoms with Gasteiger partial charge in [-0.05, 0) is 178 Å². The van der Waals surface area contributed by atoms with E-state index in [0.717, 1.165) is 71.7 Å². The Morgan fingerprint density at radius 2 is 0.593 bits per heavy atom. The fraction of sp³-hybridized carbons (Fsp3) is 0.264. The molecule has 0 aliphatic carbocycles. The minimum atomic E-state index is -9.08. The van der Waals surface area contributed by atoms with Gasteiger partial charge in [0.05, 0.1) is 0 Å². The Hall–Kier alpha value is -5.55. The zero-order valence-corrected chi connectivity index (χ0v) is 46.1. The maximum absolute atomic E-state index is 16.3. The summed E-state index contributed by atoms with van der Waals surface area (Å²) in [6.07, 6.45) is -8.01. The van der Waals surface area contributed by atoms with Crippen LogP contribution in [-0.4, -0.2) is 72.7 Å². The summed E-state index contributed by atoms with van der Waals surface area (Å²) in [5.74, 6) is -53.9. The number of alkyl halides is 17. The molecule has 0 aliphatic rings. The Labute approximate surface area is 465 Å². The predicted octanol–water partition coefficient (Wildman–Crippen LogP) is 18.2. The van der Waals surface area contributed by atoms with Crippen LogP contribution in [0.5, 0.6) is 0 Å². The Bertz CT molecular complexity index is 3240. The van der Waals surface area contributed by atoms with Gasteiger partial charge in [0.15, 0.2) is 17.3 Å². The van der Waals surface area contributed by atoms with Crippen molar-refractivity contribution in [2.24, 2.45) is 0 Å². The second kappa shape index (κ2) is 22.6. The highest BCUT2D eigenvalue weighted by molar-refractivity contribution is 8.33. The van der Waals surface area contributed by atoms with E-state index in [4.69, 9.17) is 3.63 Å². The second-order valence-corrected chi connectivity index (χ2v) is 25.8. The number of hydrogen-bond acceptors (Lipinski definition) is 9. The van der Waals surface area contributed by atoms with E-state index >= 15 is 26.3 Å². The van der Waals surface area contributed by atoms with Crippen molar-refractivity contribution in [3.05, 3.63) is 161 Å². The molecule has 0 bridgehead atoms. The molecule has 0 aromatic heterocycles. The average molecular weight is 1260 g/mol. The summed E-state index contributed by atoms with van der Waals surface area (Å²) in [5, 5.41) is -8.04. The Balaban J connectivity index is 1.58. The van der Waals surface area contributed by atoms with Crippen LogP contribution in [0.15, 0.2) is 171 Å². The van der Waals surface area contributed by atoms with E-state index in [1.165, 1.54) is 93.6 Å². The molecular formula is C53H39F17O6S5. The van der Waals surface area contributed by atoms with Crippen molar-refractivity contribution in [1.29, 1.82) is 0 Å². The quantitative estimate of drug-likeness (QED) is 0.0516. The number of hydrogen-bond donors (Lipinski definition) is 0. The van der Waals surface area contributed by atoms with Gasteiger partial charge in [0.25, 0.3) is 0 Å². The van der Waals surface area contributed by atoms with Gasteiger partial charge >= 0.3 is 57.1 Å². The summed E-state index contributed by atoms with van der Waals surface area (Å²) >= 11 is 2.93. The lowest BCUT2D eigenvalue weighted by atomic mass is 9.91. The van der Waals surface area contributed by atoms with Crippen molar-refractivity contribution in [3.63, 3.8) is 0 Å². The number of ketones is 3. The van der Waals surface area contributed by atoms with E-state index in [0.29, 0.717) is 48.1 Å². The minimum Gasteiger partial charge on any atom is -0.295 e. The molecule has 0 radical (unpaired) electrons. The first kappa shape index (κ1) is 64.6. The van der Waals surface area contributed by atoms with Crippen LogP contribution in [0.2, 0.25) is 0 Å². The number of carbonyl (C=O) groups is 3. The van der Waals surface area contributed by atoms with Crippen LogP contribution in [0, 0.1) is 20.8 Å². The smallest absolute Gasteiger partial charge is 0.295 e. The van der Waals surface area contributed by atoms with Gasteiger partial charge < -0.3 is 0 Å². The van der Waals surface area contributed by atoms with Crippen molar-refractivity contribution in [1.82, 2.24) is 0 Å². The molecule has 0 unspecified atom stereocenters. The van der Waals surface area contributed by atoms with Crippen molar-refractivity contribution in [3.8, 4) is 0 Å². The SMILES string of the molecule is CC(=O)c1ccc(Sc2ccc(S(OS(=O)(=O)C(F)(F)C(F)(F)C(F)(F)C(F)(F)C(F)(F)C(F)(F)C(F)(F)C(F)(F)F)(c3ccc(Sc4ccc(C(C)=O)c(C)c4)cc3)c3ccc(Sc4ccc(C(C)=O)c(C)c4)cc3)cc2)cc1C. The van der Waals surface area contributed by atoms with E-state index in [1.54, 1.807) is 39.0 Å². The average Bonchev–Trinajstić information content (AvgIpc) is 3.43. The van der Waals surface area contributed by atoms with Crippen LogP contribution in [0.1, 0.15) is 68.5 Å². The molecule has 6 aromatic rings. The first-order valence-corrected chi connectivity index (χ1v) is 28.1. The van der Waals surface area contributed by atoms with E-state index in [2.05, 4.69) is 0 Å². The normalized spacial score (nSPS) is 13.8. The van der Waals surface area contributed by atoms with Gasteiger partial charge in [-0.2, -0.15) is 83.1 Å². The number of carbonyl (C=O) groups excluding carboxylic acids is 3. The van der Waals surface area contributed by atoms with Gasteiger partial charge in [0.2, 0.25) is 0 Å². The fourth-order valence-corrected chi connectivity index (χ4v) is 15.7. The van der Waals surface area contributed by atoms with Crippen LogP contribution >= 0.6 is 45.6 Å². The van der Waals surface area contributed by atoms with Crippen molar-refractivity contribution in [2.75, 3.05) is 0 Å². The highest BCUT2D eigenvalue weighted by Gasteiger charge is 2.96. The number of Topliss-reactive ketones (excluding diaryl/α,β-unsaturated/α-hetero) is 3. The van der Waals surface area contributed by atoms with Crippen molar-refractivity contribution < 1.29 is 101 Å². The molecule has 28 heteroatoms. The molecule has 0 amide bonds. The third kappa shape index (κ3) is 11.6. The van der Waals surface area contributed by atoms with Crippen molar-refractivity contribution >= 4 is 73.1 Å². The number of halogens is 17. The Morgan fingerprint density at radius 1 is 0.358 bits per heavy atom. The maximum atomic E-state index is 16.3. The van der Waals surface area contributed by atoms with Crippen LogP contribution in [0.25, 0.3) is 0 Å². The van der Waals surface area contributed by atoms with Crippen LogP contribution in [0.4, 0.5) is 74.6 Å². The zero-order chi connectivity index (χ0) is 61.1. The number of rotatable bonds is 21. The second-order valence-electron chi connectivity index (χ2n) is 17.9. The Morgan fingerprint density at radius 3 is 0.827 bits per heavy atom. The summed E-state index contributed by atoms with van der Waals surface area (Å²) < 4.78 is 282. The van der Waals surface area contributed by atoms with Crippen molar-refractivity contribution in [2.45, 2.75) is 133 Å². The molecule has 0 aliphatic heterocycles. The lowest BCUT2D eigenvalue weighted by molar-refractivity contribution is -0.458. The monoisotopic (exact) mass is 1250 g/mol. The molecule has 0 saturated heterocycles. The standard InChI is InChI=1S/C53H39F17O6S5/c1-28-25-37(13-22-43(28)31(4)71)77-34-7-16-40(17-8-34)80(41-18-9-35(10-19-41)78-38-14-23-44(32(5)72)29(2)26-38,42-20-11-36(12-21-42)79-39-15-24-45(33(6)73)30(3)27-39)76-81(74,75)53(69,70)51(64,65)49(60,61)47(56,57)46(54,55)48(58,59)50(62,63)52(66,67)68/h7-27H,1-6H3. The van der Waals surface area contributed by atoms with E-state index in [1.807, 2.05) is 0 Å². The van der Waals surface area contributed by atoms with Gasteiger partial charge in [-0.15, -0.1) is 0 Å². The summed E-state index contributed by atoms with van der Waals surface area (Å²) in [5.41, 5.74) is 2.57. The zero-order valence-electron chi connectivity index (χ0n) is 42.0. The first-order chi connectivity index (χ1) is 37.0. The molecule has 6 aromatic carbocycles. The van der Waals surface area contributed by atoms with Gasteiger partial charge in [0.1, 0.15) is 0 Å². The van der Waals surface area contributed by atoms with E-state index < -0.39 is 82.1 Å². The molecule has 0 N–H and O–H groups in total. The largest absolute Gasteiger partial charge is 0.460 e. The lowest BCUT2D eigenvalue weighted by Crippen LogP contribution is -2.75. The predicted molar refractivity (Wildman–Crippen MR) is 268 cm³/mol. The molecule has 0 atom stereocenters. The molecule has 0 spiro atoms. The highest BCUT2D eigenvalue weighted by atomic mass is 32.3. The summed E-state index contributed by atoms with van der Waals surface area (Å²) in [6.45, 7) is 8.73. The summed E-state index contributed by atoms with van der Waals surface area (Å²) in [4.78, 5) is 36.5. The molecule has 0 fully saturated rings. The van der Waals surface area contributed by atoms with E-state index in [9.17, 15) is 71.1 Å². The molecule has 6 nitrogen and oxygen atoms in total. The van der Waals surface area contributed by atoms with Gasteiger partial charge in [-0.25, -0.2) is 3.63 Å². The lowest BCUT2D eigenvalue weighted by Gasteiger charge is -2.44. The van der Waals surface area contributed by atoms with E-state index in [-0.39, 0.29) is 32.0 Å². The highest BCUT2D eigenvalue weighted by Crippen LogP contribution is 2.72. The summed E-state index contributed by atoms with van der Waals surface area (Å²) in [7, 11) is -13.1. The first-order valence-electron chi connectivity index (χ1n) is 22.7. The van der Waals surface area contributed by atoms with Crippen LogP contribution in [0.3, 0.4) is 0 Å². The summed E-state index contributed by atoms with van der Waals surface area (Å²) in [6, 6.07) is 26.7. The molecular weight excluding hydrogens is 1220 g/mol. The fourth-order valence-electron chi connectivity index (χ4n) is 7.80. The third-order valence-corrected chi connectivity index (χ3v) is 20.3. The maximum Gasteiger partial charge on any atom is 0.460 e. The third-order valence-electron chi connectivity index (χ3n) is 12.1. The number of benzene rings is 6. The van der Waals surface area contributed by atoms with Crippen LogP contribution < -0.4 is 0 Å². The van der Waals surface area contributed by atoms with Gasteiger partial charge in [-0.3, -0.25) is 14.4 Å². The minimum absolute atomic E-state index is 0.230. The molecule has 0 saturated carbocycles. The molecule has 6 rings (SSSR count). The van der Waals surface area contributed by atoms with Gasteiger partial charge in [0, 0.05) is 60.7 Å². The van der Waals surface area contributed by atoms with Gasteiger partial charge in [-0.1, -0.05) is 53.5 Å². The molecule has 0 heterocycles. The van der Waals surface area contributed by atoms with Crippen LogP contribution in [-0.2, 0) is 13.7 Å². The topological polar surface area (TPSA) is 94.6 Å². The molecule has 81 heavy (non-hydrogen) atoms. The number of aryl methyl sites for hydroxylation is 3. The Kier molecular flexibility index (Phi) is 18.0.